The van der Waals surface area contributed by atoms with Gasteiger partial charge in [-0.25, -0.2) is 9.78 Å². The van der Waals surface area contributed by atoms with Gasteiger partial charge in [-0.2, -0.15) is 5.26 Å². The molecule has 1 aromatic rings. The van der Waals surface area contributed by atoms with Gasteiger partial charge in [-0.15, -0.1) is 0 Å². The van der Waals surface area contributed by atoms with Crippen LogP contribution in [0, 0.1) is 18.3 Å². The number of ether oxygens (including phenoxy) is 1. The highest BCUT2D eigenvalue weighted by atomic mass is 32.2. The van der Waals surface area contributed by atoms with Crippen LogP contribution in [0.1, 0.15) is 28.5 Å². The number of nitrogens with zero attached hydrogens (tertiary/aromatic N) is 2. The van der Waals surface area contributed by atoms with E-state index in [2.05, 4.69) is 4.98 Å². The second kappa shape index (κ2) is 5.60. The number of hydrogen-bond acceptors (Lipinski definition) is 6. The van der Waals surface area contributed by atoms with E-state index in [4.69, 9.17) is 15.7 Å². The molecule has 1 aromatic heterocycles. The Bertz CT molecular complexity index is 564. The summed E-state index contributed by atoms with van der Waals surface area (Å²) in [5, 5.41) is 9.10. The SMILES string of the molecule is CCOC(=O)c1c(C)nc(S(C)=O)c(C#N)c1N. The van der Waals surface area contributed by atoms with Gasteiger partial charge in [-0.05, 0) is 13.8 Å². The maximum atomic E-state index is 11.7. The van der Waals surface area contributed by atoms with E-state index in [0.717, 1.165) is 0 Å². The van der Waals surface area contributed by atoms with Crippen LogP contribution in [-0.4, -0.2) is 28.0 Å². The first-order chi connectivity index (χ1) is 8.43. The molecule has 0 saturated carbocycles. The molecule has 6 nitrogen and oxygen atoms in total. The fourth-order valence-electron chi connectivity index (χ4n) is 1.48. The van der Waals surface area contributed by atoms with Crippen molar-refractivity contribution in [2.24, 2.45) is 0 Å². The number of pyridine rings is 1. The molecule has 0 amide bonds. The summed E-state index contributed by atoms with van der Waals surface area (Å²) in [6.45, 7) is 3.42. The van der Waals surface area contributed by atoms with Crippen LogP contribution in [0.4, 0.5) is 5.69 Å². The lowest BCUT2D eigenvalue weighted by Crippen LogP contribution is -2.15. The third kappa shape index (κ3) is 2.49. The van der Waals surface area contributed by atoms with E-state index in [0.29, 0.717) is 5.69 Å². The zero-order chi connectivity index (χ0) is 13.9. The van der Waals surface area contributed by atoms with Gasteiger partial charge in [0.2, 0.25) is 0 Å². The molecule has 0 saturated heterocycles. The van der Waals surface area contributed by atoms with Gasteiger partial charge in [0.15, 0.2) is 0 Å². The van der Waals surface area contributed by atoms with E-state index >= 15 is 0 Å². The molecule has 1 unspecified atom stereocenters. The van der Waals surface area contributed by atoms with Gasteiger partial charge in [0, 0.05) is 6.26 Å². The second-order valence-electron chi connectivity index (χ2n) is 3.45. The lowest BCUT2D eigenvalue weighted by molar-refractivity contribution is 0.0526. The summed E-state index contributed by atoms with van der Waals surface area (Å²) in [6.07, 6.45) is 1.39. The number of aromatic nitrogens is 1. The molecule has 1 atom stereocenters. The summed E-state index contributed by atoms with van der Waals surface area (Å²) in [5.41, 5.74) is 6.05. The summed E-state index contributed by atoms with van der Waals surface area (Å²) < 4.78 is 16.3. The second-order valence-corrected chi connectivity index (χ2v) is 4.75. The number of carbonyl (C=O) groups is 1. The van der Waals surface area contributed by atoms with Gasteiger partial charge in [0.1, 0.15) is 22.2 Å². The molecular formula is C11H13N3O3S. The number of carbonyl (C=O) groups excluding carboxylic acids is 1. The van der Waals surface area contributed by atoms with Gasteiger partial charge >= 0.3 is 5.97 Å². The van der Waals surface area contributed by atoms with Gasteiger partial charge in [0.05, 0.1) is 28.8 Å². The molecule has 0 aliphatic rings. The molecule has 0 bridgehead atoms. The Morgan fingerprint density at radius 1 is 1.61 bits per heavy atom. The molecule has 2 N–H and O–H groups in total. The summed E-state index contributed by atoms with van der Waals surface area (Å²) in [4.78, 5) is 15.7. The molecule has 96 valence electrons. The first-order valence-electron chi connectivity index (χ1n) is 5.14. The number of nitrogens with two attached hydrogens (primary N) is 1. The third-order valence-corrected chi connectivity index (χ3v) is 3.09. The molecule has 18 heavy (non-hydrogen) atoms. The molecule has 0 radical (unpaired) electrons. The minimum atomic E-state index is -1.45. The normalized spacial score (nSPS) is 11.7. The Balaban J connectivity index is 3.54. The Morgan fingerprint density at radius 2 is 2.22 bits per heavy atom. The number of nitrogen functional groups attached to an aromatic ring is 1. The van der Waals surface area contributed by atoms with Crippen LogP contribution in [0.25, 0.3) is 0 Å². The van der Waals surface area contributed by atoms with Gasteiger partial charge in [0.25, 0.3) is 0 Å². The van der Waals surface area contributed by atoms with Gasteiger partial charge < -0.3 is 10.5 Å². The Hall–Kier alpha value is -1.94. The van der Waals surface area contributed by atoms with Crippen LogP contribution < -0.4 is 5.73 Å². The summed E-state index contributed by atoms with van der Waals surface area (Å²) in [7, 11) is -1.45. The standard InChI is InChI=1S/C11H13N3O3S/c1-4-17-11(15)8-6(2)14-10(18(3)16)7(5-12)9(8)13/h4H2,1-3H3,(H2,13,14). The maximum absolute atomic E-state index is 11.7. The molecular weight excluding hydrogens is 254 g/mol. The predicted octanol–water partition coefficient (Wildman–Crippen LogP) is 0.758. The van der Waals surface area contributed by atoms with Crippen LogP contribution in [0.5, 0.6) is 0 Å². The van der Waals surface area contributed by atoms with Crippen molar-refractivity contribution in [3.63, 3.8) is 0 Å². The van der Waals surface area contributed by atoms with E-state index in [1.165, 1.54) is 6.26 Å². The Labute approximate surface area is 107 Å². The fraction of sp³-hybridized carbons (Fsp3) is 0.364. The number of nitriles is 1. The number of hydrogen-bond donors (Lipinski definition) is 1. The number of aryl methyl sites for hydroxylation is 1. The number of anilines is 1. The minimum Gasteiger partial charge on any atom is -0.462 e. The summed E-state index contributed by atoms with van der Waals surface area (Å²) >= 11 is 0. The largest absolute Gasteiger partial charge is 0.462 e. The van der Waals surface area contributed by atoms with Crippen molar-refractivity contribution in [3.05, 3.63) is 16.8 Å². The van der Waals surface area contributed by atoms with E-state index in [-0.39, 0.29) is 28.4 Å². The van der Waals surface area contributed by atoms with Crippen LogP contribution >= 0.6 is 0 Å². The first-order valence-corrected chi connectivity index (χ1v) is 6.70. The quantitative estimate of drug-likeness (QED) is 0.810. The van der Waals surface area contributed by atoms with E-state index < -0.39 is 16.8 Å². The van der Waals surface area contributed by atoms with E-state index in [9.17, 15) is 9.00 Å². The Kier molecular flexibility index (Phi) is 4.39. The molecule has 1 heterocycles. The first kappa shape index (κ1) is 14.1. The molecule has 0 aromatic carbocycles. The zero-order valence-corrected chi connectivity index (χ0v) is 11.1. The van der Waals surface area contributed by atoms with Crippen molar-refractivity contribution >= 4 is 22.5 Å². The zero-order valence-electron chi connectivity index (χ0n) is 10.3. The van der Waals surface area contributed by atoms with Crippen molar-refractivity contribution < 1.29 is 13.7 Å². The van der Waals surface area contributed by atoms with Gasteiger partial charge in [-0.1, -0.05) is 0 Å². The highest BCUT2D eigenvalue weighted by Gasteiger charge is 2.23. The summed E-state index contributed by atoms with van der Waals surface area (Å²) in [6, 6.07) is 1.82. The molecule has 0 aliphatic heterocycles. The van der Waals surface area contributed by atoms with E-state index in [1.54, 1.807) is 13.8 Å². The lowest BCUT2D eigenvalue weighted by atomic mass is 10.1. The maximum Gasteiger partial charge on any atom is 0.342 e. The minimum absolute atomic E-state index is 0.0337. The van der Waals surface area contributed by atoms with Crippen LogP contribution in [0.3, 0.4) is 0 Å². The predicted molar refractivity (Wildman–Crippen MR) is 66.4 cm³/mol. The number of esters is 1. The highest BCUT2D eigenvalue weighted by Crippen LogP contribution is 2.25. The molecule has 0 spiro atoms. The average Bonchev–Trinajstić information content (AvgIpc) is 2.28. The average molecular weight is 267 g/mol. The fourth-order valence-corrected chi connectivity index (χ4v) is 2.18. The lowest BCUT2D eigenvalue weighted by Gasteiger charge is -2.11. The van der Waals surface area contributed by atoms with Crippen molar-refractivity contribution in [2.75, 3.05) is 18.6 Å². The highest BCUT2D eigenvalue weighted by molar-refractivity contribution is 7.84. The smallest absolute Gasteiger partial charge is 0.342 e. The van der Waals surface area contributed by atoms with Gasteiger partial charge in [-0.3, -0.25) is 4.21 Å². The monoisotopic (exact) mass is 267 g/mol. The third-order valence-electron chi connectivity index (χ3n) is 2.25. The number of rotatable bonds is 3. The van der Waals surface area contributed by atoms with Crippen LogP contribution in [0.2, 0.25) is 0 Å². The topological polar surface area (TPSA) is 106 Å². The Morgan fingerprint density at radius 3 is 2.67 bits per heavy atom. The van der Waals surface area contributed by atoms with Crippen LogP contribution in [0.15, 0.2) is 5.03 Å². The van der Waals surface area contributed by atoms with Crippen molar-refractivity contribution in [1.29, 1.82) is 5.26 Å². The van der Waals surface area contributed by atoms with Crippen molar-refractivity contribution in [2.45, 2.75) is 18.9 Å². The molecule has 0 aliphatic carbocycles. The summed E-state index contributed by atoms with van der Waals surface area (Å²) in [5.74, 6) is -0.634. The van der Waals surface area contributed by atoms with Crippen LogP contribution in [-0.2, 0) is 15.5 Å². The van der Waals surface area contributed by atoms with Crippen molar-refractivity contribution in [3.8, 4) is 6.07 Å². The molecule has 7 heteroatoms. The van der Waals surface area contributed by atoms with E-state index in [1.807, 2.05) is 6.07 Å². The molecule has 1 rings (SSSR count). The van der Waals surface area contributed by atoms with Crippen molar-refractivity contribution in [1.82, 2.24) is 4.98 Å². The molecule has 0 fully saturated rings.